The van der Waals surface area contributed by atoms with Gasteiger partial charge in [-0.05, 0) is 26.0 Å². The highest BCUT2D eigenvalue weighted by Crippen LogP contribution is 2.11. The molecule has 3 N–H and O–H groups in total. The second kappa shape index (κ2) is 13.3. The fourth-order valence-electron chi connectivity index (χ4n) is 2.13. The van der Waals surface area contributed by atoms with E-state index >= 15 is 0 Å². The molecule has 2 rings (SSSR count). The molecule has 0 spiro atoms. The Hall–Kier alpha value is -1.88. The van der Waals surface area contributed by atoms with Crippen LogP contribution >= 0.6 is 35.3 Å². The van der Waals surface area contributed by atoms with Crippen LogP contribution in [0.4, 0.5) is 0 Å². The van der Waals surface area contributed by atoms with Crippen molar-refractivity contribution < 1.29 is 9.53 Å². The second-order valence-electron chi connectivity index (χ2n) is 5.37. The van der Waals surface area contributed by atoms with Crippen molar-refractivity contribution >= 4 is 47.2 Å². The Morgan fingerprint density at radius 2 is 1.96 bits per heavy atom. The minimum atomic E-state index is -0.102. The maximum atomic E-state index is 12.0. The average Bonchev–Trinajstić information content (AvgIpc) is 3.09. The first-order chi connectivity index (χ1) is 12.7. The largest absolute Gasteiger partial charge is 0.492 e. The van der Waals surface area contributed by atoms with Crippen LogP contribution in [-0.4, -0.2) is 49.6 Å². The van der Waals surface area contributed by atoms with E-state index in [1.54, 1.807) is 5.51 Å². The molecule has 1 aromatic heterocycles. The summed E-state index contributed by atoms with van der Waals surface area (Å²) in [5.74, 6) is 1.44. The summed E-state index contributed by atoms with van der Waals surface area (Å²) in [4.78, 5) is 21.2. The molecule has 0 saturated heterocycles. The van der Waals surface area contributed by atoms with Crippen molar-refractivity contribution in [1.29, 1.82) is 0 Å². The standard InChI is InChI=1S/C18H25N5O2S.HI/c1-3-19-18(22-11-12-25-15-7-5-4-6-8-15)21-10-9-20-17(24)16-14(2)23-13-26-16;/h4-8,13H,3,9-12H2,1-2H3,(H,20,24)(H2,19,21,22);1H. The number of hydrogen-bond donors (Lipinski definition) is 3. The van der Waals surface area contributed by atoms with E-state index in [2.05, 4.69) is 25.9 Å². The SMILES string of the molecule is CCNC(=NCCNC(=O)c1scnc1C)NCCOc1ccccc1.I. The number of amides is 1. The number of aryl methyl sites for hydroxylation is 1. The van der Waals surface area contributed by atoms with Gasteiger partial charge in [0.05, 0.1) is 24.3 Å². The predicted octanol–water partition coefficient (Wildman–Crippen LogP) is 2.43. The first-order valence-electron chi connectivity index (χ1n) is 8.59. The number of benzene rings is 1. The van der Waals surface area contributed by atoms with E-state index in [4.69, 9.17) is 4.74 Å². The lowest BCUT2D eigenvalue weighted by Crippen LogP contribution is -2.40. The van der Waals surface area contributed by atoms with E-state index < -0.39 is 0 Å². The molecule has 148 valence electrons. The van der Waals surface area contributed by atoms with Crippen molar-refractivity contribution in [3.8, 4) is 5.75 Å². The number of guanidine groups is 1. The summed E-state index contributed by atoms with van der Waals surface area (Å²) in [7, 11) is 0. The number of aliphatic imine (C=N–C) groups is 1. The van der Waals surface area contributed by atoms with Crippen LogP contribution in [-0.2, 0) is 0 Å². The van der Waals surface area contributed by atoms with Crippen LogP contribution in [0.1, 0.15) is 22.3 Å². The van der Waals surface area contributed by atoms with Gasteiger partial charge in [0.2, 0.25) is 0 Å². The maximum Gasteiger partial charge on any atom is 0.263 e. The van der Waals surface area contributed by atoms with E-state index in [1.165, 1.54) is 11.3 Å². The Balaban J connectivity index is 0.00000364. The highest BCUT2D eigenvalue weighted by molar-refractivity contribution is 14.0. The van der Waals surface area contributed by atoms with E-state index in [1.807, 2.05) is 44.2 Å². The number of aromatic nitrogens is 1. The Morgan fingerprint density at radius 1 is 1.19 bits per heavy atom. The fraction of sp³-hybridized carbons (Fsp3) is 0.389. The summed E-state index contributed by atoms with van der Waals surface area (Å²) < 4.78 is 5.64. The lowest BCUT2D eigenvalue weighted by atomic mass is 10.3. The van der Waals surface area contributed by atoms with Gasteiger partial charge in [-0.2, -0.15) is 0 Å². The first-order valence-corrected chi connectivity index (χ1v) is 9.47. The molecule has 0 unspecified atom stereocenters. The zero-order chi connectivity index (χ0) is 18.6. The molecule has 0 saturated carbocycles. The van der Waals surface area contributed by atoms with Gasteiger partial charge < -0.3 is 20.7 Å². The number of para-hydroxylation sites is 1. The van der Waals surface area contributed by atoms with Crippen LogP contribution in [0.3, 0.4) is 0 Å². The van der Waals surface area contributed by atoms with Gasteiger partial charge >= 0.3 is 0 Å². The van der Waals surface area contributed by atoms with E-state index in [-0.39, 0.29) is 29.9 Å². The Morgan fingerprint density at radius 3 is 2.63 bits per heavy atom. The maximum absolute atomic E-state index is 12.0. The predicted molar refractivity (Wildman–Crippen MR) is 121 cm³/mol. The summed E-state index contributed by atoms with van der Waals surface area (Å²) in [5.41, 5.74) is 2.43. The van der Waals surface area contributed by atoms with Crippen LogP contribution in [0.15, 0.2) is 40.8 Å². The highest BCUT2D eigenvalue weighted by Gasteiger charge is 2.10. The molecule has 1 amide bonds. The third-order valence-electron chi connectivity index (χ3n) is 3.37. The molecular weight excluding hydrogens is 477 g/mol. The molecule has 0 aliphatic carbocycles. The molecular formula is C18H26IN5O2S. The average molecular weight is 503 g/mol. The molecule has 9 heteroatoms. The Kier molecular flexibility index (Phi) is 11.4. The van der Waals surface area contributed by atoms with Gasteiger partial charge in [-0.15, -0.1) is 35.3 Å². The summed E-state index contributed by atoms with van der Waals surface area (Å²) in [5, 5.41) is 9.23. The molecule has 7 nitrogen and oxygen atoms in total. The van der Waals surface area contributed by atoms with Gasteiger partial charge in [-0.25, -0.2) is 4.98 Å². The molecule has 1 aromatic carbocycles. The first kappa shape index (κ1) is 23.2. The third kappa shape index (κ3) is 8.57. The quantitative estimate of drug-likeness (QED) is 0.212. The summed E-state index contributed by atoms with van der Waals surface area (Å²) in [6, 6.07) is 9.68. The number of halogens is 1. The molecule has 0 fully saturated rings. The van der Waals surface area contributed by atoms with Crippen LogP contribution in [0, 0.1) is 6.92 Å². The number of carbonyl (C=O) groups is 1. The number of thiazole rings is 1. The molecule has 0 atom stereocenters. The van der Waals surface area contributed by atoms with Crippen molar-refractivity contribution in [2.75, 3.05) is 32.8 Å². The van der Waals surface area contributed by atoms with E-state index in [9.17, 15) is 4.79 Å². The van der Waals surface area contributed by atoms with Gasteiger partial charge in [-0.3, -0.25) is 9.79 Å². The number of ether oxygens (including phenoxy) is 1. The number of nitrogens with zero attached hydrogens (tertiary/aromatic N) is 2. The molecule has 27 heavy (non-hydrogen) atoms. The van der Waals surface area contributed by atoms with Crippen molar-refractivity contribution in [2.45, 2.75) is 13.8 Å². The molecule has 2 aromatic rings. The van der Waals surface area contributed by atoms with Crippen LogP contribution in [0.25, 0.3) is 0 Å². The van der Waals surface area contributed by atoms with Gasteiger partial charge in [-0.1, -0.05) is 18.2 Å². The highest BCUT2D eigenvalue weighted by atomic mass is 127. The van der Waals surface area contributed by atoms with Crippen molar-refractivity contribution in [3.63, 3.8) is 0 Å². The van der Waals surface area contributed by atoms with Crippen molar-refractivity contribution in [1.82, 2.24) is 20.9 Å². The number of hydrogen-bond acceptors (Lipinski definition) is 5. The fourth-order valence-corrected chi connectivity index (χ4v) is 2.85. The molecule has 1 heterocycles. The topological polar surface area (TPSA) is 87.6 Å². The zero-order valence-electron chi connectivity index (χ0n) is 15.5. The lowest BCUT2D eigenvalue weighted by molar-refractivity contribution is 0.0958. The van der Waals surface area contributed by atoms with Crippen LogP contribution < -0.4 is 20.7 Å². The van der Waals surface area contributed by atoms with Gasteiger partial charge in [0.25, 0.3) is 5.91 Å². The van der Waals surface area contributed by atoms with E-state index in [0.29, 0.717) is 37.1 Å². The molecule has 0 radical (unpaired) electrons. The Labute approximate surface area is 181 Å². The Bertz CT molecular complexity index is 709. The molecule has 0 aliphatic rings. The molecule has 0 bridgehead atoms. The summed E-state index contributed by atoms with van der Waals surface area (Å²) >= 11 is 1.34. The minimum Gasteiger partial charge on any atom is -0.492 e. The normalized spacial score (nSPS) is 10.7. The van der Waals surface area contributed by atoms with Gasteiger partial charge in [0.15, 0.2) is 5.96 Å². The third-order valence-corrected chi connectivity index (χ3v) is 4.30. The van der Waals surface area contributed by atoms with Crippen LogP contribution in [0.2, 0.25) is 0 Å². The summed E-state index contributed by atoms with van der Waals surface area (Å²) in [6.07, 6.45) is 0. The van der Waals surface area contributed by atoms with Crippen LogP contribution in [0.5, 0.6) is 5.75 Å². The van der Waals surface area contributed by atoms with Gasteiger partial charge in [0.1, 0.15) is 17.2 Å². The number of carbonyl (C=O) groups excluding carboxylic acids is 1. The molecule has 0 aliphatic heterocycles. The zero-order valence-corrected chi connectivity index (χ0v) is 18.7. The smallest absolute Gasteiger partial charge is 0.263 e. The van der Waals surface area contributed by atoms with E-state index in [0.717, 1.165) is 18.0 Å². The van der Waals surface area contributed by atoms with Gasteiger partial charge in [0, 0.05) is 13.1 Å². The number of rotatable bonds is 9. The second-order valence-corrected chi connectivity index (χ2v) is 6.23. The monoisotopic (exact) mass is 503 g/mol. The number of nitrogens with one attached hydrogen (secondary N) is 3. The lowest BCUT2D eigenvalue weighted by Gasteiger charge is -2.12. The minimum absolute atomic E-state index is 0. The van der Waals surface area contributed by atoms with Crippen molar-refractivity contribution in [2.24, 2.45) is 4.99 Å². The van der Waals surface area contributed by atoms with Crippen molar-refractivity contribution in [3.05, 3.63) is 46.4 Å². The summed E-state index contributed by atoms with van der Waals surface area (Å²) in [6.45, 7) is 6.72.